The quantitative estimate of drug-likeness (QED) is 0.464. The molecule has 34 heavy (non-hydrogen) atoms. The summed E-state index contributed by atoms with van der Waals surface area (Å²) >= 11 is 0. The molecule has 4 atom stereocenters. The molecular formula is C22H26N8O3S. The van der Waals surface area contributed by atoms with Gasteiger partial charge >= 0.3 is 0 Å². The minimum absolute atomic E-state index is 0.0878. The van der Waals surface area contributed by atoms with Crippen LogP contribution in [0, 0.1) is 17.2 Å². The summed E-state index contributed by atoms with van der Waals surface area (Å²) in [4.78, 5) is 21.4. The van der Waals surface area contributed by atoms with Crippen LogP contribution in [-0.2, 0) is 14.6 Å². The first kappa shape index (κ1) is 22.5. The van der Waals surface area contributed by atoms with Crippen molar-refractivity contribution in [1.29, 1.82) is 5.26 Å². The number of carbonyl (C=O) groups is 1. The first-order valence-electron chi connectivity index (χ1n) is 11.1. The summed E-state index contributed by atoms with van der Waals surface area (Å²) in [7, 11) is -1.82. The maximum Gasteiger partial charge on any atom is 0.244 e. The van der Waals surface area contributed by atoms with E-state index in [1.54, 1.807) is 13.1 Å². The fraction of sp³-hybridized carbons (Fsp3) is 0.455. The SMILES string of the molecule is CN1NC2NC(Nc3cncc(C#N)n3)CC(Nc3ccc(C4CC4)cc3S(C)(=O)=O)C2C1=O. The minimum atomic E-state index is -3.48. The molecule has 3 heterocycles. The largest absolute Gasteiger partial charge is 0.380 e. The number of benzene rings is 1. The van der Waals surface area contributed by atoms with E-state index in [-0.39, 0.29) is 34.9 Å². The first-order valence-corrected chi connectivity index (χ1v) is 13.0. The number of carbonyl (C=O) groups excluding carboxylic acids is 1. The van der Waals surface area contributed by atoms with Gasteiger partial charge in [0, 0.05) is 25.8 Å². The van der Waals surface area contributed by atoms with E-state index in [0.29, 0.717) is 23.8 Å². The fourth-order valence-corrected chi connectivity index (χ4v) is 5.58. The molecule has 4 N–H and O–H groups in total. The maximum absolute atomic E-state index is 12.9. The van der Waals surface area contributed by atoms with Crippen LogP contribution in [0.4, 0.5) is 11.5 Å². The molecule has 3 fully saturated rings. The zero-order chi connectivity index (χ0) is 24.0. The summed E-state index contributed by atoms with van der Waals surface area (Å²) in [5, 5.41) is 20.5. The number of anilines is 2. The topological polar surface area (TPSA) is 152 Å². The Morgan fingerprint density at radius 3 is 2.74 bits per heavy atom. The molecular weight excluding hydrogens is 456 g/mol. The molecule has 12 heteroatoms. The molecule has 2 aliphatic heterocycles. The van der Waals surface area contributed by atoms with Crippen LogP contribution in [0.5, 0.6) is 0 Å². The van der Waals surface area contributed by atoms with Crippen LogP contribution in [0.2, 0.25) is 0 Å². The van der Waals surface area contributed by atoms with Crippen LogP contribution in [-0.4, -0.2) is 61.0 Å². The number of nitriles is 1. The van der Waals surface area contributed by atoms with Crippen molar-refractivity contribution in [3.05, 3.63) is 41.9 Å². The molecule has 0 radical (unpaired) electrons. The Morgan fingerprint density at radius 2 is 2.03 bits per heavy atom. The van der Waals surface area contributed by atoms with Gasteiger partial charge in [0.1, 0.15) is 11.9 Å². The van der Waals surface area contributed by atoms with E-state index in [4.69, 9.17) is 5.26 Å². The van der Waals surface area contributed by atoms with Gasteiger partial charge in [0.25, 0.3) is 0 Å². The molecule has 3 aliphatic rings. The average Bonchev–Trinajstić information content (AvgIpc) is 3.59. The lowest BCUT2D eigenvalue weighted by atomic mass is 9.88. The van der Waals surface area contributed by atoms with Crippen molar-refractivity contribution in [2.45, 2.75) is 48.4 Å². The smallest absolute Gasteiger partial charge is 0.244 e. The number of sulfone groups is 1. The molecule has 0 bridgehead atoms. The Morgan fingerprint density at radius 1 is 1.24 bits per heavy atom. The van der Waals surface area contributed by atoms with Crippen molar-refractivity contribution in [2.24, 2.45) is 5.92 Å². The van der Waals surface area contributed by atoms with Gasteiger partial charge < -0.3 is 10.6 Å². The number of hydrogen-bond donors (Lipinski definition) is 4. The van der Waals surface area contributed by atoms with Crippen molar-refractivity contribution in [2.75, 3.05) is 23.9 Å². The lowest BCUT2D eigenvalue weighted by Crippen LogP contribution is -2.61. The highest BCUT2D eigenvalue weighted by Crippen LogP contribution is 2.42. The van der Waals surface area contributed by atoms with Gasteiger partial charge in [0.15, 0.2) is 15.5 Å². The second-order valence-electron chi connectivity index (χ2n) is 9.08. The highest BCUT2D eigenvalue weighted by Gasteiger charge is 2.48. The number of nitrogens with one attached hydrogen (secondary N) is 4. The number of amides is 1. The Kier molecular flexibility index (Phi) is 5.63. The molecule has 178 valence electrons. The number of rotatable bonds is 6. The van der Waals surface area contributed by atoms with E-state index in [0.717, 1.165) is 18.4 Å². The van der Waals surface area contributed by atoms with Gasteiger partial charge in [-0.1, -0.05) is 6.07 Å². The van der Waals surface area contributed by atoms with Crippen LogP contribution < -0.4 is 21.4 Å². The molecule has 11 nitrogen and oxygen atoms in total. The predicted molar refractivity (Wildman–Crippen MR) is 124 cm³/mol. The monoisotopic (exact) mass is 482 g/mol. The molecule has 0 spiro atoms. The number of fused-ring (bicyclic) bond motifs is 1. The van der Waals surface area contributed by atoms with E-state index in [1.807, 2.05) is 18.2 Å². The van der Waals surface area contributed by atoms with Gasteiger partial charge in [-0.05, 0) is 36.5 Å². The van der Waals surface area contributed by atoms with Gasteiger partial charge in [-0.2, -0.15) is 5.26 Å². The zero-order valence-corrected chi connectivity index (χ0v) is 19.6. The molecule has 5 rings (SSSR count). The fourth-order valence-electron chi connectivity index (χ4n) is 4.70. The third-order valence-corrected chi connectivity index (χ3v) is 7.61. The van der Waals surface area contributed by atoms with Gasteiger partial charge in [0.2, 0.25) is 5.91 Å². The van der Waals surface area contributed by atoms with Gasteiger partial charge in [-0.3, -0.25) is 20.1 Å². The van der Waals surface area contributed by atoms with Gasteiger partial charge in [-0.15, -0.1) is 0 Å². The lowest BCUT2D eigenvalue weighted by molar-refractivity contribution is -0.131. The molecule has 2 aromatic rings. The number of nitrogens with zero attached hydrogens (tertiary/aromatic N) is 4. The minimum Gasteiger partial charge on any atom is -0.380 e. The second-order valence-corrected chi connectivity index (χ2v) is 11.1. The number of hydrogen-bond acceptors (Lipinski definition) is 10. The van der Waals surface area contributed by atoms with Gasteiger partial charge in [0.05, 0.1) is 41.2 Å². The van der Waals surface area contributed by atoms with E-state index in [2.05, 4.69) is 31.3 Å². The summed E-state index contributed by atoms with van der Waals surface area (Å²) in [5.41, 5.74) is 4.83. The first-order chi connectivity index (χ1) is 16.2. The molecule has 2 saturated heterocycles. The molecule has 1 amide bonds. The van der Waals surface area contributed by atoms with Crippen molar-refractivity contribution < 1.29 is 13.2 Å². The third kappa shape index (κ3) is 4.42. The molecule has 1 aromatic carbocycles. The van der Waals surface area contributed by atoms with Crippen LogP contribution in [0.1, 0.15) is 36.4 Å². The van der Waals surface area contributed by atoms with E-state index in [9.17, 15) is 13.2 Å². The van der Waals surface area contributed by atoms with Crippen LogP contribution in [0.15, 0.2) is 35.5 Å². The van der Waals surface area contributed by atoms with Crippen LogP contribution >= 0.6 is 0 Å². The summed E-state index contributed by atoms with van der Waals surface area (Å²) in [6, 6.07) is 7.13. The number of piperidine rings is 1. The van der Waals surface area contributed by atoms with Crippen molar-refractivity contribution in [1.82, 2.24) is 25.7 Å². The number of hydrazine groups is 1. The van der Waals surface area contributed by atoms with E-state index in [1.165, 1.54) is 23.7 Å². The Bertz CT molecular complexity index is 1270. The molecule has 4 unspecified atom stereocenters. The third-order valence-electron chi connectivity index (χ3n) is 6.48. The molecule has 1 aromatic heterocycles. The summed E-state index contributed by atoms with van der Waals surface area (Å²) in [6.45, 7) is 0. The van der Waals surface area contributed by atoms with Gasteiger partial charge in [-0.25, -0.2) is 18.8 Å². The normalized spacial score (nSPS) is 26.6. The van der Waals surface area contributed by atoms with E-state index < -0.39 is 15.8 Å². The second kappa shape index (κ2) is 8.50. The highest BCUT2D eigenvalue weighted by atomic mass is 32.2. The van der Waals surface area contributed by atoms with Crippen molar-refractivity contribution >= 4 is 27.2 Å². The van der Waals surface area contributed by atoms with Crippen LogP contribution in [0.25, 0.3) is 0 Å². The predicted octanol–water partition coefficient (Wildman–Crippen LogP) is 0.760. The zero-order valence-electron chi connectivity index (χ0n) is 18.8. The molecule has 1 saturated carbocycles. The van der Waals surface area contributed by atoms with Crippen molar-refractivity contribution in [3.63, 3.8) is 0 Å². The Hall–Kier alpha value is -3.27. The Labute approximate surface area is 197 Å². The highest BCUT2D eigenvalue weighted by molar-refractivity contribution is 7.90. The Balaban J connectivity index is 1.44. The van der Waals surface area contributed by atoms with Crippen LogP contribution in [0.3, 0.4) is 0 Å². The summed E-state index contributed by atoms with van der Waals surface area (Å²) in [5.74, 6) is 0.313. The number of aromatic nitrogens is 2. The molecule has 1 aliphatic carbocycles. The summed E-state index contributed by atoms with van der Waals surface area (Å²) < 4.78 is 25.2. The standard InChI is InChI=1S/C22H26N8O3S/c1-30-22(31)20-16(26-15-6-5-13(12-3-4-12)7-17(15)34(2,32)33)8-18(28-21(20)29-30)27-19-11-24-10-14(9-23)25-19/h5-7,10-12,16,18,20-21,26,28-29H,3-4,8H2,1-2H3,(H,25,27). The van der Waals surface area contributed by atoms with Crippen molar-refractivity contribution in [3.8, 4) is 6.07 Å². The summed E-state index contributed by atoms with van der Waals surface area (Å²) in [6.07, 6.45) is 6.01. The van der Waals surface area contributed by atoms with E-state index >= 15 is 0 Å². The maximum atomic E-state index is 12.9. The lowest BCUT2D eigenvalue weighted by Gasteiger charge is -2.39. The average molecular weight is 483 g/mol.